The lowest BCUT2D eigenvalue weighted by atomic mass is 10.0. The molecule has 0 bridgehead atoms. The number of amides is 6. The summed E-state index contributed by atoms with van der Waals surface area (Å²) in [5, 5.41) is 16.3. The molecule has 204 valence electrons. The third kappa shape index (κ3) is 13.8. The van der Waals surface area contributed by atoms with Crippen LogP contribution in [0.1, 0.15) is 51.4 Å². The first-order valence-electron chi connectivity index (χ1n) is 11.2. The van der Waals surface area contributed by atoms with Gasteiger partial charge in [0, 0.05) is 12.8 Å². The molecule has 4 unspecified atom stereocenters. The lowest BCUT2D eigenvalue weighted by Gasteiger charge is -2.25. The van der Waals surface area contributed by atoms with Crippen molar-refractivity contribution in [2.45, 2.75) is 75.5 Å². The van der Waals surface area contributed by atoms with Gasteiger partial charge in [0.25, 0.3) is 0 Å². The molecule has 0 radical (unpaired) electrons. The van der Waals surface area contributed by atoms with E-state index in [1.807, 2.05) is 0 Å². The molecule has 6 amide bonds. The zero-order chi connectivity index (χ0) is 27.8. The van der Waals surface area contributed by atoms with E-state index in [1.165, 1.54) is 0 Å². The number of carboxylic acid groups (broad SMARTS) is 1. The van der Waals surface area contributed by atoms with Crippen molar-refractivity contribution in [2.75, 3.05) is 6.54 Å². The minimum atomic E-state index is -1.50. The fraction of sp³-hybridized carbons (Fsp3) is 0.650. The molecule has 0 aromatic rings. The van der Waals surface area contributed by atoms with E-state index >= 15 is 0 Å². The molecule has 0 rings (SSSR count). The molecule has 0 saturated heterocycles. The van der Waals surface area contributed by atoms with Crippen LogP contribution in [0.4, 0.5) is 0 Å². The van der Waals surface area contributed by atoms with Gasteiger partial charge in [0.1, 0.15) is 18.1 Å². The largest absolute Gasteiger partial charge is 0.480 e. The van der Waals surface area contributed by atoms with Crippen molar-refractivity contribution in [3.8, 4) is 0 Å². The molecular formula is C20H36N8O8. The number of primary amides is 3. The van der Waals surface area contributed by atoms with Gasteiger partial charge in [0.15, 0.2) is 0 Å². The molecule has 0 aliphatic carbocycles. The lowest BCUT2D eigenvalue weighted by Crippen LogP contribution is -2.57. The Kier molecular flexibility index (Phi) is 15.0. The minimum absolute atomic E-state index is 0.0958. The Morgan fingerprint density at radius 2 is 1.08 bits per heavy atom. The maximum absolute atomic E-state index is 12.9. The summed E-state index contributed by atoms with van der Waals surface area (Å²) in [5.41, 5.74) is 26.3. The van der Waals surface area contributed by atoms with Crippen LogP contribution in [0.2, 0.25) is 0 Å². The molecule has 0 aliphatic rings. The number of nitrogens with two attached hydrogens (primary N) is 5. The Labute approximate surface area is 207 Å². The number of rotatable bonds is 19. The first-order chi connectivity index (χ1) is 16.8. The van der Waals surface area contributed by atoms with Crippen LogP contribution in [0.5, 0.6) is 0 Å². The quantitative estimate of drug-likeness (QED) is 0.0739. The third-order valence-electron chi connectivity index (χ3n) is 4.94. The van der Waals surface area contributed by atoms with Crippen molar-refractivity contribution in [3.63, 3.8) is 0 Å². The van der Waals surface area contributed by atoms with Crippen LogP contribution < -0.4 is 44.6 Å². The van der Waals surface area contributed by atoms with E-state index in [2.05, 4.69) is 16.0 Å². The van der Waals surface area contributed by atoms with E-state index < -0.39 is 72.0 Å². The SMILES string of the molecule is NCCCCC(NC(=O)C(N)CC(N)=O)C(=O)NC(CCC(N)=O)C(=O)NC(CCC(N)=O)C(=O)O. The van der Waals surface area contributed by atoms with Gasteiger partial charge >= 0.3 is 5.97 Å². The van der Waals surface area contributed by atoms with E-state index in [1.54, 1.807) is 0 Å². The molecule has 0 spiro atoms. The van der Waals surface area contributed by atoms with Crippen molar-refractivity contribution in [2.24, 2.45) is 28.7 Å². The summed E-state index contributed by atoms with van der Waals surface area (Å²) in [4.78, 5) is 82.7. The average Bonchev–Trinajstić information content (AvgIpc) is 2.77. The highest BCUT2D eigenvalue weighted by molar-refractivity contribution is 5.95. The molecule has 0 aromatic heterocycles. The Morgan fingerprint density at radius 3 is 1.53 bits per heavy atom. The summed E-state index contributed by atoms with van der Waals surface area (Å²) >= 11 is 0. The Bertz CT molecular complexity index is 822. The van der Waals surface area contributed by atoms with Gasteiger partial charge in [-0.15, -0.1) is 0 Å². The van der Waals surface area contributed by atoms with Gasteiger partial charge in [0.2, 0.25) is 35.4 Å². The van der Waals surface area contributed by atoms with E-state index in [9.17, 15) is 38.7 Å². The van der Waals surface area contributed by atoms with Gasteiger partial charge in [-0.1, -0.05) is 0 Å². The van der Waals surface area contributed by atoms with Gasteiger partial charge in [-0.3, -0.25) is 28.8 Å². The number of hydrogen-bond acceptors (Lipinski definition) is 9. The smallest absolute Gasteiger partial charge is 0.326 e. The van der Waals surface area contributed by atoms with Crippen LogP contribution >= 0.6 is 0 Å². The summed E-state index contributed by atoms with van der Waals surface area (Å²) < 4.78 is 0. The molecule has 4 atom stereocenters. The number of carboxylic acids is 1. The fourth-order valence-electron chi connectivity index (χ4n) is 2.99. The summed E-state index contributed by atoms with van der Waals surface area (Å²) in [6, 6.07) is -5.42. The normalized spacial score (nSPS) is 13.9. The monoisotopic (exact) mass is 516 g/mol. The first kappa shape index (κ1) is 32.2. The number of hydrogen-bond donors (Lipinski definition) is 9. The molecule has 0 heterocycles. The van der Waals surface area contributed by atoms with E-state index in [4.69, 9.17) is 28.7 Å². The number of carbonyl (C=O) groups excluding carboxylic acids is 6. The standard InChI is InChI=1S/C20H36N8O8/c21-8-2-1-3-11(26-17(32)10(22)9-16(25)31)18(33)27-12(4-6-14(23)29)19(34)28-13(20(35)36)5-7-15(24)30/h10-13H,1-9,21-22H2,(H2,23,29)(H2,24,30)(H2,25,31)(H,26,32)(H,27,33)(H,28,34)(H,35,36). The summed E-state index contributed by atoms with van der Waals surface area (Å²) in [7, 11) is 0. The Morgan fingerprint density at radius 1 is 0.639 bits per heavy atom. The second-order valence-electron chi connectivity index (χ2n) is 8.09. The van der Waals surface area contributed by atoms with Crippen molar-refractivity contribution in [3.05, 3.63) is 0 Å². The molecule has 16 nitrogen and oxygen atoms in total. The highest BCUT2D eigenvalue weighted by Gasteiger charge is 2.30. The molecule has 0 fully saturated rings. The van der Waals surface area contributed by atoms with Crippen molar-refractivity contribution in [1.82, 2.24) is 16.0 Å². The van der Waals surface area contributed by atoms with E-state index in [0.717, 1.165) is 0 Å². The fourth-order valence-corrected chi connectivity index (χ4v) is 2.99. The number of nitrogens with one attached hydrogen (secondary N) is 3. The topological polar surface area (TPSA) is 306 Å². The minimum Gasteiger partial charge on any atom is -0.480 e. The van der Waals surface area contributed by atoms with Gasteiger partial charge in [-0.25, -0.2) is 4.79 Å². The maximum atomic E-state index is 12.9. The summed E-state index contributed by atoms with van der Waals surface area (Å²) in [6.45, 7) is 0.314. The number of aliphatic carboxylic acids is 1. The molecule has 0 aliphatic heterocycles. The van der Waals surface area contributed by atoms with Crippen LogP contribution in [0.3, 0.4) is 0 Å². The lowest BCUT2D eigenvalue weighted by molar-refractivity contribution is -0.142. The second kappa shape index (κ2) is 16.8. The number of unbranched alkanes of at least 4 members (excludes halogenated alkanes) is 1. The number of carbonyl (C=O) groups is 7. The van der Waals surface area contributed by atoms with Crippen LogP contribution in [-0.2, 0) is 33.6 Å². The first-order valence-corrected chi connectivity index (χ1v) is 11.2. The van der Waals surface area contributed by atoms with Crippen LogP contribution in [0.15, 0.2) is 0 Å². The van der Waals surface area contributed by atoms with Crippen LogP contribution in [0, 0.1) is 0 Å². The third-order valence-corrected chi connectivity index (χ3v) is 4.94. The van der Waals surface area contributed by atoms with Crippen molar-refractivity contribution in [1.29, 1.82) is 0 Å². The molecule has 16 heteroatoms. The molecular weight excluding hydrogens is 480 g/mol. The maximum Gasteiger partial charge on any atom is 0.326 e. The van der Waals surface area contributed by atoms with Gasteiger partial charge < -0.3 is 49.7 Å². The summed E-state index contributed by atoms with van der Waals surface area (Å²) in [6.07, 6.45) is -0.679. The molecule has 36 heavy (non-hydrogen) atoms. The molecule has 0 saturated carbocycles. The van der Waals surface area contributed by atoms with Crippen LogP contribution in [-0.4, -0.2) is 77.2 Å². The summed E-state index contributed by atoms with van der Waals surface area (Å²) in [5.74, 6) is -6.46. The predicted molar refractivity (Wildman–Crippen MR) is 125 cm³/mol. The van der Waals surface area contributed by atoms with E-state index in [0.29, 0.717) is 19.4 Å². The molecule has 14 N–H and O–H groups in total. The predicted octanol–water partition coefficient (Wildman–Crippen LogP) is -4.61. The zero-order valence-corrected chi connectivity index (χ0v) is 19.9. The Hall–Kier alpha value is -3.79. The highest BCUT2D eigenvalue weighted by Crippen LogP contribution is 2.06. The van der Waals surface area contributed by atoms with Gasteiger partial charge in [-0.2, -0.15) is 0 Å². The van der Waals surface area contributed by atoms with Crippen molar-refractivity contribution < 1.29 is 38.7 Å². The van der Waals surface area contributed by atoms with Gasteiger partial charge in [0.05, 0.1) is 12.5 Å². The van der Waals surface area contributed by atoms with Crippen LogP contribution in [0.25, 0.3) is 0 Å². The highest BCUT2D eigenvalue weighted by atomic mass is 16.4. The van der Waals surface area contributed by atoms with E-state index in [-0.39, 0.29) is 32.1 Å². The van der Waals surface area contributed by atoms with Gasteiger partial charge in [-0.05, 0) is 38.6 Å². The van der Waals surface area contributed by atoms with Crippen molar-refractivity contribution >= 4 is 41.4 Å². The Balaban J connectivity index is 5.60. The molecule has 0 aromatic carbocycles. The second-order valence-corrected chi connectivity index (χ2v) is 8.09. The zero-order valence-electron chi connectivity index (χ0n) is 19.9. The average molecular weight is 517 g/mol.